The zero-order valence-electron chi connectivity index (χ0n) is 16.6. The average Bonchev–Trinajstić information content (AvgIpc) is 3.14. The van der Waals surface area contributed by atoms with Gasteiger partial charge in [0.25, 0.3) is 0 Å². The van der Waals surface area contributed by atoms with Gasteiger partial charge in [-0.25, -0.2) is 4.98 Å². The predicted molar refractivity (Wildman–Crippen MR) is 123 cm³/mol. The second-order valence-electron chi connectivity index (χ2n) is 7.27. The van der Waals surface area contributed by atoms with Gasteiger partial charge in [-0.1, -0.05) is 27.3 Å². The van der Waals surface area contributed by atoms with Crippen LogP contribution in [0.4, 0.5) is 10.8 Å². The van der Waals surface area contributed by atoms with E-state index in [-0.39, 0.29) is 11.8 Å². The molecule has 1 aliphatic heterocycles. The number of amides is 1. The molecule has 1 aliphatic rings. The molecule has 0 atom stereocenters. The molecule has 0 radical (unpaired) electrons. The third-order valence-corrected chi connectivity index (χ3v) is 7.19. The van der Waals surface area contributed by atoms with Gasteiger partial charge in [-0.3, -0.25) is 4.79 Å². The second-order valence-corrected chi connectivity index (χ2v) is 9.14. The second kappa shape index (κ2) is 8.71. The molecule has 29 heavy (non-hydrogen) atoms. The van der Waals surface area contributed by atoms with Gasteiger partial charge in [-0.2, -0.15) is 0 Å². The molecule has 1 aromatic heterocycles. The van der Waals surface area contributed by atoms with E-state index in [0.717, 1.165) is 62.8 Å². The molecule has 2 heterocycles. The number of hydrogen-bond donors (Lipinski definition) is 1. The van der Waals surface area contributed by atoms with E-state index in [1.165, 1.54) is 0 Å². The van der Waals surface area contributed by atoms with Crippen LogP contribution in [-0.4, -0.2) is 30.6 Å². The smallest absolute Gasteiger partial charge is 0.227 e. The van der Waals surface area contributed by atoms with Crippen molar-refractivity contribution >= 4 is 54.2 Å². The van der Waals surface area contributed by atoms with Crippen molar-refractivity contribution < 1.29 is 9.53 Å². The van der Waals surface area contributed by atoms with Gasteiger partial charge in [0.1, 0.15) is 5.75 Å². The highest BCUT2D eigenvalue weighted by Gasteiger charge is 2.26. The minimum atomic E-state index is 0.0362. The molecule has 152 valence electrons. The Kier molecular flexibility index (Phi) is 6.06. The maximum absolute atomic E-state index is 12.7. The molecule has 4 rings (SSSR count). The molecule has 7 heteroatoms. The largest absolute Gasteiger partial charge is 0.494 e. The maximum Gasteiger partial charge on any atom is 0.227 e. The predicted octanol–water partition coefficient (Wildman–Crippen LogP) is 5.62. The van der Waals surface area contributed by atoms with E-state index in [1.807, 2.05) is 44.2 Å². The number of anilines is 2. The van der Waals surface area contributed by atoms with Crippen molar-refractivity contribution in [2.75, 3.05) is 29.9 Å². The van der Waals surface area contributed by atoms with Crippen molar-refractivity contribution in [3.63, 3.8) is 0 Å². The monoisotopic (exact) mass is 473 g/mol. The number of benzene rings is 2. The van der Waals surface area contributed by atoms with E-state index >= 15 is 0 Å². The van der Waals surface area contributed by atoms with Crippen LogP contribution in [-0.2, 0) is 4.79 Å². The number of thiazole rings is 1. The lowest BCUT2D eigenvalue weighted by molar-refractivity contribution is -0.120. The molecule has 2 aromatic carbocycles. The molecule has 1 saturated heterocycles. The van der Waals surface area contributed by atoms with Crippen molar-refractivity contribution in [3.05, 3.63) is 46.4 Å². The van der Waals surface area contributed by atoms with E-state index in [9.17, 15) is 4.79 Å². The van der Waals surface area contributed by atoms with E-state index < -0.39 is 0 Å². The number of carbonyl (C=O) groups is 1. The molecule has 1 amide bonds. The van der Waals surface area contributed by atoms with E-state index in [1.54, 1.807) is 11.3 Å². The van der Waals surface area contributed by atoms with Gasteiger partial charge < -0.3 is 15.0 Å². The fraction of sp³-hybridized carbons (Fsp3) is 0.364. The summed E-state index contributed by atoms with van der Waals surface area (Å²) >= 11 is 5.18. The number of nitrogens with zero attached hydrogens (tertiary/aromatic N) is 2. The number of rotatable bonds is 5. The lowest BCUT2D eigenvalue weighted by Crippen LogP contribution is -2.38. The molecule has 0 aliphatic carbocycles. The number of piperidine rings is 1. The van der Waals surface area contributed by atoms with Crippen LogP contribution in [0.2, 0.25) is 0 Å². The van der Waals surface area contributed by atoms with Gasteiger partial charge in [0.2, 0.25) is 5.91 Å². The molecule has 0 unspecified atom stereocenters. The summed E-state index contributed by atoms with van der Waals surface area (Å²) in [7, 11) is 0. The van der Waals surface area contributed by atoms with Gasteiger partial charge in [-0.15, -0.1) is 0 Å². The summed E-state index contributed by atoms with van der Waals surface area (Å²) < 4.78 is 7.77. The first-order chi connectivity index (χ1) is 14.0. The molecule has 0 spiro atoms. The molecule has 3 aromatic rings. The lowest BCUT2D eigenvalue weighted by atomic mass is 9.96. The Morgan fingerprint density at radius 2 is 2.07 bits per heavy atom. The van der Waals surface area contributed by atoms with Gasteiger partial charge in [-0.05, 0) is 68.7 Å². The fourth-order valence-electron chi connectivity index (χ4n) is 3.58. The molecule has 1 fully saturated rings. The van der Waals surface area contributed by atoms with Crippen LogP contribution < -0.4 is 15.0 Å². The highest BCUT2D eigenvalue weighted by atomic mass is 79.9. The van der Waals surface area contributed by atoms with Crippen molar-refractivity contribution in [2.24, 2.45) is 5.92 Å². The Bertz CT molecular complexity index is 1030. The summed E-state index contributed by atoms with van der Waals surface area (Å²) in [6.45, 7) is 6.35. The number of ether oxygens (including phenoxy) is 1. The first-order valence-corrected chi connectivity index (χ1v) is 11.5. The van der Waals surface area contributed by atoms with Crippen LogP contribution in [0.5, 0.6) is 5.75 Å². The molecule has 1 N–H and O–H groups in total. The first kappa shape index (κ1) is 20.2. The number of aromatic nitrogens is 1. The average molecular weight is 474 g/mol. The van der Waals surface area contributed by atoms with Crippen LogP contribution in [0, 0.1) is 12.8 Å². The van der Waals surface area contributed by atoms with Crippen LogP contribution in [0.15, 0.2) is 40.9 Å². The summed E-state index contributed by atoms with van der Waals surface area (Å²) in [4.78, 5) is 19.7. The van der Waals surface area contributed by atoms with Crippen molar-refractivity contribution in [2.45, 2.75) is 26.7 Å². The molecule has 0 saturated carbocycles. The Labute approximate surface area is 183 Å². The lowest BCUT2D eigenvalue weighted by Gasteiger charge is -2.31. The Balaban J connectivity index is 1.38. The van der Waals surface area contributed by atoms with Gasteiger partial charge in [0.15, 0.2) is 5.13 Å². The Hall–Kier alpha value is -2.12. The topological polar surface area (TPSA) is 54.5 Å². The number of fused-ring (bicyclic) bond motifs is 1. The minimum Gasteiger partial charge on any atom is -0.494 e. The van der Waals surface area contributed by atoms with Crippen LogP contribution in [0.1, 0.15) is 25.3 Å². The third kappa shape index (κ3) is 4.56. The van der Waals surface area contributed by atoms with Crippen LogP contribution in [0.25, 0.3) is 10.2 Å². The van der Waals surface area contributed by atoms with E-state index in [4.69, 9.17) is 9.72 Å². The molecular weight excluding hydrogens is 450 g/mol. The van der Waals surface area contributed by atoms with E-state index in [2.05, 4.69) is 32.2 Å². The highest BCUT2D eigenvalue weighted by Crippen LogP contribution is 2.33. The van der Waals surface area contributed by atoms with Crippen molar-refractivity contribution in [1.29, 1.82) is 0 Å². The number of halogens is 1. The minimum absolute atomic E-state index is 0.0362. The first-order valence-electron chi connectivity index (χ1n) is 9.89. The van der Waals surface area contributed by atoms with Gasteiger partial charge in [0.05, 0.1) is 16.8 Å². The molecule has 5 nitrogen and oxygen atoms in total. The zero-order chi connectivity index (χ0) is 20.4. The van der Waals surface area contributed by atoms with Crippen LogP contribution >= 0.6 is 27.3 Å². The molecular formula is C22H24BrN3O2S. The number of aryl methyl sites for hydroxylation is 1. The van der Waals surface area contributed by atoms with Crippen molar-refractivity contribution in [3.8, 4) is 5.75 Å². The van der Waals surface area contributed by atoms with Crippen LogP contribution in [0.3, 0.4) is 0 Å². The Morgan fingerprint density at radius 1 is 1.28 bits per heavy atom. The van der Waals surface area contributed by atoms with E-state index in [0.29, 0.717) is 6.61 Å². The summed E-state index contributed by atoms with van der Waals surface area (Å²) in [6, 6.07) is 11.9. The highest BCUT2D eigenvalue weighted by molar-refractivity contribution is 9.10. The SMILES string of the molecule is CCOc1ccc2nc(N3CCC(C(=O)Nc4ccc(Br)c(C)c4)CC3)sc2c1. The van der Waals surface area contributed by atoms with Crippen molar-refractivity contribution in [1.82, 2.24) is 4.98 Å². The summed E-state index contributed by atoms with van der Waals surface area (Å²) in [5, 5.41) is 4.09. The standard InChI is InChI=1S/C22H24BrN3O2S/c1-3-28-17-5-7-19-20(13-17)29-22(25-19)26-10-8-15(9-11-26)21(27)24-16-4-6-18(23)14(2)12-16/h4-7,12-13,15H,3,8-11H2,1-2H3,(H,24,27). The number of carbonyl (C=O) groups excluding carboxylic acids is 1. The number of nitrogens with one attached hydrogen (secondary N) is 1. The molecule has 0 bridgehead atoms. The van der Waals surface area contributed by atoms with Gasteiger partial charge >= 0.3 is 0 Å². The fourth-order valence-corrected chi connectivity index (χ4v) is 4.88. The third-order valence-electron chi connectivity index (χ3n) is 5.22. The summed E-state index contributed by atoms with van der Waals surface area (Å²) in [5.41, 5.74) is 2.97. The number of hydrogen-bond acceptors (Lipinski definition) is 5. The normalized spacial score (nSPS) is 14.9. The Morgan fingerprint density at radius 3 is 2.79 bits per heavy atom. The maximum atomic E-state index is 12.7. The summed E-state index contributed by atoms with van der Waals surface area (Å²) in [5.74, 6) is 1.03. The van der Waals surface area contributed by atoms with Gasteiger partial charge in [0, 0.05) is 29.2 Å². The summed E-state index contributed by atoms with van der Waals surface area (Å²) in [6.07, 6.45) is 1.67. The quantitative estimate of drug-likeness (QED) is 0.522. The zero-order valence-corrected chi connectivity index (χ0v) is 19.0.